The summed E-state index contributed by atoms with van der Waals surface area (Å²) in [5, 5.41) is 12.5. The Hall–Kier alpha value is -1.50. The van der Waals surface area contributed by atoms with Crippen LogP contribution in [0.2, 0.25) is 0 Å². The summed E-state index contributed by atoms with van der Waals surface area (Å²) in [6.45, 7) is 13.1. The van der Waals surface area contributed by atoms with Gasteiger partial charge in [0.1, 0.15) is 5.01 Å². The van der Waals surface area contributed by atoms with Crippen LogP contribution in [0.5, 0.6) is 0 Å². The fraction of sp³-hybridized carbons (Fsp3) is 0.765. The monoisotopic (exact) mass is 352 g/mol. The lowest BCUT2D eigenvalue weighted by molar-refractivity contribution is -0.142. The van der Waals surface area contributed by atoms with Gasteiger partial charge in [-0.25, -0.2) is 0 Å². The number of nitrogens with zero attached hydrogens (tertiary/aromatic N) is 3. The zero-order valence-corrected chi connectivity index (χ0v) is 16.3. The molecule has 1 aromatic heterocycles. The molecule has 2 heterocycles. The average molecular weight is 353 g/mol. The lowest BCUT2D eigenvalue weighted by Gasteiger charge is -2.35. The van der Waals surface area contributed by atoms with Gasteiger partial charge in [-0.05, 0) is 12.8 Å². The Kier molecular flexibility index (Phi) is 5.32. The fourth-order valence-corrected chi connectivity index (χ4v) is 3.44. The second-order valence-electron chi connectivity index (χ2n) is 8.49. The SMILES string of the molecule is CC(C)(C)C(=O)N1CCC[C@H](C(=O)Nc2nnc(C(C)(C)C)s2)C1. The summed E-state index contributed by atoms with van der Waals surface area (Å²) in [7, 11) is 0. The van der Waals surface area contributed by atoms with Crippen molar-refractivity contribution >= 4 is 28.3 Å². The van der Waals surface area contributed by atoms with Gasteiger partial charge in [0.2, 0.25) is 16.9 Å². The number of hydrogen-bond donors (Lipinski definition) is 1. The standard InChI is InChI=1S/C17H28N4O2S/c1-16(2,3)13-19-20-15(24-13)18-12(22)11-8-7-9-21(10-11)14(23)17(4,5)6/h11H,7-10H2,1-6H3,(H,18,20,22)/t11-/m0/s1. The van der Waals surface area contributed by atoms with Crippen LogP contribution in [-0.2, 0) is 15.0 Å². The number of anilines is 1. The van der Waals surface area contributed by atoms with Gasteiger partial charge in [0.05, 0.1) is 5.92 Å². The number of likely N-dealkylation sites (tertiary alicyclic amines) is 1. The van der Waals surface area contributed by atoms with E-state index in [2.05, 4.69) is 36.3 Å². The van der Waals surface area contributed by atoms with Crippen LogP contribution in [0.3, 0.4) is 0 Å². The topological polar surface area (TPSA) is 75.2 Å². The molecule has 1 saturated heterocycles. The second-order valence-corrected chi connectivity index (χ2v) is 9.47. The molecule has 1 aliphatic rings. The van der Waals surface area contributed by atoms with Gasteiger partial charge in [0.15, 0.2) is 0 Å². The normalized spacial score (nSPS) is 19.2. The van der Waals surface area contributed by atoms with Crippen LogP contribution in [0.15, 0.2) is 0 Å². The van der Waals surface area contributed by atoms with Crippen molar-refractivity contribution in [2.75, 3.05) is 18.4 Å². The molecule has 7 heteroatoms. The summed E-state index contributed by atoms with van der Waals surface area (Å²) in [4.78, 5) is 26.8. The Morgan fingerprint density at radius 3 is 2.38 bits per heavy atom. The molecule has 1 fully saturated rings. The Balaban J connectivity index is 1.99. The van der Waals surface area contributed by atoms with E-state index in [9.17, 15) is 9.59 Å². The van der Waals surface area contributed by atoms with E-state index in [-0.39, 0.29) is 23.1 Å². The smallest absolute Gasteiger partial charge is 0.231 e. The maximum Gasteiger partial charge on any atom is 0.231 e. The van der Waals surface area contributed by atoms with Gasteiger partial charge in [0, 0.05) is 23.9 Å². The Morgan fingerprint density at radius 2 is 1.83 bits per heavy atom. The lowest BCUT2D eigenvalue weighted by atomic mass is 9.91. The number of amides is 2. The second kappa shape index (κ2) is 6.78. The van der Waals surface area contributed by atoms with E-state index >= 15 is 0 Å². The van der Waals surface area contributed by atoms with Crippen molar-refractivity contribution in [1.29, 1.82) is 0 Å². The first-order valence-corrected chi connectivity index (χ1v) is 9.24. The third-order valence-corrected chi connectivity index (χ3v) is 5.28. The predicted octanol–water partition coefficient (Wildman–Crippen LogP) is 3.06. The largest absolute Gasteiger partial charge is 0.341 e. The molecule has 2 amide bonds. The van der Waals surface area contributed by atoms with Gasteiger partial charge in [-0.15, -0.1) is 10.2 Å². The highest BCUT2D eigenvalue weighted by atomic mass is 32.1. The molecule has 134 valence electrons. The maximum atomic E-state index is 12.5. The number of aromatic nitrogens is 2. The number of hydrogen-bond acceptors (Lipinski definition) is 5. The summed E-state index contributed by atoms with van der Waals surface area (Å²) in [6, 6.07) is 0. The van der Waals surface area contributed by atoms with Gasteiger partial charge in [0.25, 0.3) is 0 Å². The summed E-state index contributed by atoms with van der Waals surface area (Å²) >= 11 is 1.41. The summed E-state index contributed by atoms with van der Waals surface area (Å²) < 4.78 is 0. The van der Waals surface area contributed by atoms with E-state index in [0.29, 0.717) is 11.7 Å². The molecule has 0 aromatic carbocycles. The molecular formula is C17H28N4O2S. The highest BCUT2D eigenvalue weighted by molar-refractivity contribution is 7.15. The maximum absolute atomic E-state index is 12.5. The van der Waals surface area contributed by atoms with Crippen molar-refractivity contribution < 1.29 is 9.59 Å². The zero-order valence-electron chi connectivity index (χ0n) is 15.5. The zero-order chi connectivity index (χ0) is 18.1. The van der Waals surface area contributed by atoms with Crippen molar-refractivity contribution in [3.63, 3.8) is 0 Å². The summed E-state index contributed by atoms with van der Waals surface area (Å²) in [5.41, 5.74) is -0.499. The van der Waals surface area contributed by atoms with Crippen LogP contribution in [0, 0.1) is 11.3 Å². The summed E-state index contributed by atoms with van der Waals surface area (Å²) in [6.07, 6.45) is 1.65. The van der Waals surface area contributed by atoms with Crippen molar-refractivity contribution in [2.24, 2.45) is 11.3 Å². The van der Waals surface area contributed by atoms with Crippen LogP contribution < -0.4 is 5.32 Å². The molecule has 0 saturated carbocycles. The highest BCUT2D eigenvalue weighted by Crippen LogP contribution is 2.29. The first-order valence-electron chi connectivity index (χ1n) is 8.42. The van der Waals surface area contributed by atoms with Crippen LogP contribution in [0.1, 0.15) is 59.4 Å². The number of nitrogens with one attached hydrogen (secondary N) is 1. The van der Waals surface area contributed by atoms with Crippen molar-refractivity contribution in [3.05, 3.63) is 5.01 Å². The van der Waals surface area contributed by atoms with Gasteiger partial charge in [-0.3, -0.25) is 9.59 Å². The fourth-order valence-electron chi connectivity index (χ4n) is 2.63. The number of carbonyl (C=O) groups excluding carboxylic acids is 2. The predicted molar refractivity (Wildman–Crippen MR) is 96.0 cm³/mol. The van der Waals surface area contributed by atoms with Crippen molar-refractivity contribution in [3.8, 4) is 0 Å². The number of rotatable bonds is 2. The Bertz CT molecular complexity index is 613. The van der Waals surface area contributed by atoms with Crippen molar-refractivity contribution in [1.82, 2.24) is 15.1 Å². The minimum Gasteiger partial charge on any atom is -0.341 e. The number of piperidine rings is 1. The minimum atomic E-state index is -0.417. The molecular weight excluding hydrogens is 324 g/mol. The third kappa shape index (κ3) is 4.53. The first kappa shape index (κ1) is 18.8. The Morgan fingerprint density at radius 1 is 1.17 bits per heavy atom. The lowest BCUT2D eigenvalue weighted by Crippen LogP contribution is -2.47. The minimum absolute atomic E-state index is 0.0713. The molecule has 1 atom stereocenters. The van der Waals surface area contributed by atoms with E-state index in [1.54, 1.807) is 0 Å². The van der Waals surface area contributed by atoms with Gasteiger partial charge >= 0.3 is 0 Å². The van der Waals surface area contributed by atoms with Crippen LogP contribution in [-0.4, -0.2) is 40.0 Å². The van der Waals surface area contributed by atoms with Gasteiger partial charge < -0.3 is 10.2 Å². The van der Waals surface area contributed by atoms with Gasteiger partial charge in [-0.2, -0.15) is 0 Å². The molecule has 0 spiro atoms. The quantitative estimate of drug-likeness (QED) is 0.887. The van der Waals surface area contributed by atoms with E-state index in [1.807, 2.05) is 25.7 Å². The molecule has 1 N–H and O–H groups in total. The van der Waals surface area contributed by atoms with E-state index in [0.717, 1.165) is 24.4 Å². The molecule has 1 aliphatic heterocycles. The van der Waals surface area contributed by atoms with Crippen LogP contribution >= 0.6 is 11.3 Å². The summed E-state index contributed by atoms with van der Waals surface area (Å²) in [5.74, 6) is -0.156. The van der Waals surface area contributed by atoms with Crippen molar-refractivity contribution in [2.45, 2.75) is 59.8 Å². The molecule has 0 bridgehead atoms. The molecule has 2 rings (SSSR count). The third-order valence-electron chi connectivity index (χ3n) is 4.02. The van der Waals surface area contributed by atoms with E-state index < -0.39 is 5.41 Å². The average Bonchev–Trinajstić information content (AvgIpc) is 2.94. The van der Waals surface area contributed by atoms with Gasteiger partial charge in [-0.1, -0.05) is 52.9 Å². The van der Waals surface area contributed by atoms with E-state index in [4.69, 9.17) is 0 Å². The number of carbonyl (C=O) groups is 2. The molecule has 0 unspecified atom stereocenters. The van der Waals surface area contributed by atoms with E-state index in [1.165, 1.54) is 11.3 Å². The Labute approximate surface area is 148 Å². The molecule has 0 radical (unpaired) electrons. The highest BCUT2D eigenvalue weighted by Gasteiger charge is 2.33. The molecule has 1 aromatic rings. The van der Waals surface area contributed by atoms with Crippen LogP contribution in [0.4, 0.5) is 5.13 Å². The molecule has 6 nitrogen and oxygen atoms in total. The first-order chi connectivity index (χ1) is 11.0. The van der Waals surface area contributed by atoms with Crippen LogP contribution in [0.25, 0.3) is 0 Å². The molecule has 24 heavy (non-hydrogen) atoms. The molecule has 0 aliphatic carbocycles.